The normalized spacial score (nSPS) is 18.1. The minimum atomic E-state index is 0.390. The molecule has 1 N–H and O–H groups in total. The maximum absolute atomic E-state index is 9.91. The van der Waals surface area contributed by atoms with Gasteiger partial charge in [0.15, 0.2) is 0 Å². The number of likely N-dealkylation sites (tertiary alicyclic amines) is 1. The van der Waals surface area contributed by atoms with Crippen LogP contribution in [0.1, 0.15) is 25.3 Å². The van der Waals surface area contributed by atoms with Crippen molar-refractivity contribution in [2.75, 3.05) is 26.7 Å². The third-order valence-electron chi connectivity index (χ3n) is 4.09. The predicted octanol–water partition coefficient (Wildman–Crippen LogP) is 3.07. The molecule has 1 aromatic carbocycles. The number of halogens is 1. The number of phenolic OH excluding ortho intramolecular Hbond substituents is 1. The summed E-state index contributed by atoms with van der Waals surface area (Å²) in [7, 11) is 2.16. The average molecular weight is 327 g/mol. The number of phenols is 1. The fourth-order valence-electron chi connectivity index (χ4n) is 2.75. The van der Waals surface area contributed by atoms with E-state index in [1.165, 1.54) is 25.9 Å². The largest absolute Gasteiger partial charge is 0.508 e. The summed E-state index contributed by atoms with van der Waals surface area (Å²) in [6.45, 7) is 6.57. The lowest BCUT2D eigenvalue weighted by Gasteiger charge is -2.36. The Hall–Kier alpha value is -0.580. The van der Waals surface area contributed by atoms with Gasteiger partial charge < -0.3 is 10.0 Å². The summed E-state index contributed by atoms with van der Waals surface area (Å²) in [5.41, 5.74) is 0.995. The van der Waals surface area contributed by atoms with Crippen LogP contribution in [-0.2, 0) is 6.54 Å². The zero-order valence-corrected chi connectivity index (χ0v) is 13.4. The molecule has 0 saturated carbocycles. The van der Waals surface area contributed by atoms with Gasteiger partial charge in [-0.05, 0) is 57.7 Å². The first-order valence-electron chi connectivity index (χ1n) is 7.00. The fraction of sp³-hybridized carbons (Fsp3) is 0.600. The molecule has 0 unspecified atom stereocenters. The lowest BCUT2D eigenvalue weighted by Crippen LogP contribution is -2.42. The number of nitrogens with zero attached hydrogens (tertiary/aromatic N) is 2. The summed E-state index contributed by atoms with van der Waals surface area (Å²) in [4.78, 5) is 4.87. The van der Waals surface area contributed by atoms with Crippen LogP contribution < -0.4 is 0 Å². The van der Waals surface area contributed by atoms with E-state index in [2.05, 4.69) is 39.7 Å². The smallest absolute Gasteiger partial charge is 0.120 e. The first-order chi connectivity index (χ1) is 9.10. The van der Waals surface area contributed by atoms with Crippen molar-refractivity contribution in [2.24, 2.45) is 0 Å². The molecule has 0 aliphatic carbocycles. The Balaban J connectivity index is 1.94. The second kappa shape index (κ2) is 6.73. The maximum Gasteiger partial charge on any atom is 0.120 e. The van der Waals surface area contributed by atoms with E-state index in [9.17, 15) is 5.11 Å². The Morgan fingerprint density at radius 2 is 2.05 bits per heavy atom. The van der Waals surface area contributed by atoms with Crippen LogP contribution in [0.5, 0.6) is 5.75 Å². The van der Waals surface area contributed by atoms with Crippen molar-refractivity contribution >= 4 is 15.9 Å². The molecule has 0 bridgehead atoms. The van der Waals surface area contributed by atoms with Gasteiger partial charge in [0.1, 0.15) is 5.75 Å². The van der Waals surface area contributed by atoms with E-state index < -0.39 is 0 Å². The van der Waals surface area contributed by atoms with E-state index in [4.69, 9.17) is 0 Å². The number of benzene rings is 1. The molecule has 1 saturated heterocycles. The Labute approximate surface area is 124 Å². The number of piperidine rings is 1. The van der Waals surface area contributed by atoms with Gasteiger partial charge in [0.25, 0.3) is 0 Å². The molecule has 4 heteroatoms. The molecule has 1 fully saturated rings. The molecule has 0 amide bonds. The molecule has 106 valence electrons. The van der Waals surface area contributed by atoms with Crippen molar-refractivity contribution in [3.05, 3.63) is 28.2 Å². The molecule has 0 spiro atoms. The zero-order valence-electron chi connectivity index (χ0n) is 11.8. The molecule has 3 nitrogen and oxygen atoms in total. The molecule has 19 heavy (non-hydrogen) atoms. The Kier molecular flexibility index (Phi) is 5.25. The van der Waals surface area contributed by atoms with Gasteiger partial charge in [0, 0.05) is 22.6 Å². The molecule has 1 aliphatic rings. The zero-order chi connectivity index (χ0) is 13.8. The van der Waals surface area contributed by atoms with Crippen molar-refractivity contribution in [1.29, 1.82) is 0 Å². The number of aromatic hydroxyl groups is 1. The second-order valence-corrected chi connectivity index (χ2v) is 6.27. The van der Waals surface area contributed by atoms with Crippen molar-refractivity contribution in [3.8, 4) is 5.75 Å². The van der Waals surface area contributed by atoms with E-state index >= 15 is 0 Å². The lowest BCUT2D eigenvalue weighted by molar-refractivity contribution is 0.126. The number of hydrogen-bond donors (Lipinski definition) is 1. The third kappa shape index (κ3) is 3.94. The Morgan fingerprint density at radius 1 is 1.37 bits per heavy atom. The van der Waals surface area contributed by atoms with Crippen LogP contribution in [0.3, 0.4) is 0 Å². The first kappa shape index (κ1) is 14.8. The molecule has 0 aromatic heterocycles. The van der Waals surface area contributed by atoms with Gasteiger partial charge in [-0.2, -0.15) is 0 Å². The summed E-state index contributed by atoms with van der Waals surface area (Å²) in [6, 6.07) is 6.26. The Bertz CT molecular complexity index is 417. The van der Waals surface area contributed by atoms with Crippen LogP contribution in [0.15, 0.2) is 22.7 Å². The van der Waals surface area contributed by atoms with Gasteiger partial charge in [-0.25, -0.2) is 0 Å². The van der Waals surface area contributed by atoms with E-state index in [1.54, 1.807) is 6.07 Å². The molecule has 0 radical (unpaired) electrons. The van der Waals surface area contributed by atoms with Gasteiger partial charge in [0.05, 0.1) is 0 Å². The first-order valence-corrected chi connectivity index (χ1v) is 7.79. The predicted molar refractivity (Wildman–Crippen MR) is 82.4 cm³/mol. The van der Waals surface area contributed by atoms with Crippen LogP contribution in [0.2, 0.25) is 0 Å². The summed E-state index contributed by atoms with van der Waals surface area (Å²) in [5, 5.41) is 9.91. The molecule has 1 heterocycles. The van der Waals surface area contributed by atoms with Gasteiger partial charge in [-0.3, -0.25) is 4.90 Å². The lowest BCUT2D eigenvalue weighted by atomic mass is 10.0. The quantitative estimate of drug-likeness (QED) is 0.921. The van der Waals surface area contributed by atoms with Crippen LogP contribution in [0.4, 0.5) is 0 Å². The van der Waals surface area contributed by atoms with E-state index in [0.29, 0.717) is 11.8 Å². The highest BCUT2D eigenvalue weighted by molar-refractivity contribution is 9.10. The molecule has 1 aromatic rings. The summed E-state index contributed by atoms with van der Waals surface area (Å²) >= 11 is 3.46. The SMILES string of the molecule is CCN1CCC(N(C)Cc2cc(Br)ccc2O)CC1. The second-order valence-electron chi connectivity index (χ2n) is 5.35. The standard InChI is InChI=1S/C15H23BrN2O/c1-3-18-8-6-14(7-9-18)17(2)11-12-10-13(16)4-5-15(12)19/h4-5,10,14,19H,3,6-9,11H2,1-2H3. The van der Waals surface area contributed by atoms with E-state index in [0.717, 1.165) is 23.1 Å². The molecule has 1 aliphatic heterocycles. The van der Waals surface area contributed by atoms with Gasteiger partial charge >= 0.3 is 0 Å². The molecular formula is C15H23BrN2O. The van der Waals surface area contributed by atoms with Gasteiger partial charge in [0.2, 0.25) is 0 Å². The van der Waals surface area contributed by atoms with Crippen LogP contribution in [-0.4, -0.2) is 47.6 Å². The third-order valence-corrected chi connectivity index (χ3v) is 4.58. The molecule has 0 atom stereocenters. The van der Waals surface area contributed by atoms with Gasteiger partial charge in [-0.15, -0.1) is 0 Å². The van der Waals surface area contributed by atoms with E-state index in [1.807, 2.05) is 12.1 Å². The average Bonchev–Trinajstić information content (AvgIpc) is 2.43. The highest BCUT2D eigenvalue weighted by Gasteiger charge is 2.22. The highest BCUT2D eigenvalue weighted by Crippen LogP contribution is 2.25. The van der Waals surface area contributed by atoms with Crippen molar-refractivity contribution in [3.63, 3.8) is 0 Å². The number of rotatable bonds is 4. The molecule has 2 rings (SSSR count). The van der Waals surface area contributed by atoms with Crippen LogP contribution in [0, 0.1) is 0 Å². The van der Waals surface area contributed by atoms with Gasteiger partial charge in [-0.1, -0.05) is 22.9 Å². The highest BCUT2D eigenvalue weighted by atomic mass is 79.9. The monoisotopic (exact) mass is 326 g/mol. The summed E-state index contributed by atoms with van der Waals surface area (Å²) < 4.78 is 1.02. The van der Waals surface area contributed by atoms with E-state index in [-0.39, 0.29) is 0 Å². The Morgan fingerprint density at radius 3 is 2.68 bits per heavy atom. The van der Waals surface area contributed by atoms with Crippen molar-refractivity contribution in [2.45, 2.75) is 32.4 Å². The van der Waals surface area contributed by atoms with Crippen LogP contribution in [0.25, 0.3) is 0 Å². The molecular weight excluding hydrogens is 304 g/mol. The number of hydrogen-bond acceptors (Lipinski definition) is 3. The van der Waals surface area contributed by atoms with Crippen molar-refractivity contribution < 1.29 is 5.11 Å². The topological polar surface area (TPSA) is 26.7 Å². The van der Waals surface area contributed by atoms with Crippen molar-refractivity contribution in [1.82, 2.24) is 9.80 Å². The van der Waals surface area contributed by atoms with Crippen LogP contribution >= 0.6 is 15.9 Å². The minimum absolute atomic E-state index is 0.390. The fourth-order valence-corrected chi connectivity index (χ4v) is 3.16. The minimum Gasteiger partial charge on any atom is -0.508 e. The maximum atomic E-state index is 9.91. The summed E-state index contributed by atoms with van der Waals surface area (Å²) in [5.74, 6) is 0.390. The summed E-state index contributed by atoms with van der Waals surface area (Å²) in [6.07, 6.45) is 2.44.